The SMILES string of the molecule is COC(=O)c1ccc(NC(=O)[C@H]2[C@@H]3C=C[C@H]([C@H]4C[C@H]34)[C@@H]2C(=O)O)cc1. The number of carboxylic acid groups (broad SMARTS) is 1. The Morgan fingerprint density at radius 2 is 1.64 bits per heavy atom. The van der Waals surface area contributed by atoms with Crippen molar-refractivity contribution < 1.29 is 24.2 Å². The minimum absolute atomic E-state index is 0.00504. The van der Waals surface area contributed by atoms with Crippen LogP contribution in [0.3, 0.4) is 0 Å². The number of anilines is 1. The van der Waals surface area contributed by atoms with Crippen LogP contribution in [0, 0.1) is 35.5 Å². The van der Waals surface area contributed by atoms with E-state index in [0.717, 1.165) is 6.42 Å². The Morgan fingerprint density at radius 1 is 1.04 bits per heavy atom. The lowest BCUT2D eigenvalue weighted by Crippen LogP contribution is -2.48. The number of benzene rings is 1. The van der Waals surface area contributed by atoms with Crippen molar-refractivity contribution in [2.24, 2.45) is 35.5 Å². The van der Waals surface area contributed by atoms with Crippen LogP contribution in [0.1, 0.15) is 16.8 Å². The Bertz CT molecular complexity index is 769. The van der Waals surface area contributed by atoms with E-state index in [9.17, 15) is 19.5 Å². The number of hydrogen-bond donors (Lipinski definition) is 2. The molecule has 0 radical (unpaired) electrons. The molecule has 2 bridgehead atoms. The predicted molar refractivity (Wildman–Crippen MR) is 88.7 cm³/mol. The Labute approximate surface area is 144 Å². The molecule has 6 heteroatoms. The van der Waals surface area contributed by atoms with E-state index in [1.807, 2.05) is 12.2 Å². The highest BCUT2D eigenvalue weighted by Crippen LogP contribution is 2.63. The molecule has 6 nitrogen and oxygen atoms in total. The largest absolute Gasteiger partial charge is 0.481 e. The second kappa shape index (κ2) is 5.72. The monoisotopic (exact) mass is 341 g/mol. The number of amides is 1. The summed E-state index contributed by atoms with van der Waals surface area (Å²) in [5, 5.41) is 12.5. The van der Waals surface area contributed by atoms with Crippen LogP contribution in [0.4, 0.5) is 5.69 Å². The van der Waals surface area contributed by atoms with Gasteiger partial charge in [0.05, 0.1) is 24.5 Å². The number of carbonyl (C=O) groups is 3. The number of aliphatic carboxylic acids is 1. The van der Waals surface area contributed by atoms with E-state index in [0.29, 0.717) is 23.1 Å². The highest BCUT2D eigenvalue weighted by atomic mass is 16.5. The van der Waals surface area contributed by atoms with E-state index in [1.165, 1.54) is 7.11 Å². The molecule has 0 saturated heterocycles. The Morgan fingerprint density at radius 3 is 2.20 bits per heavy atom. The number of allylic oxidation sites excluding steroid dienone is 2. The molecule has 0 aromatic heterocycles. The highest BCUT2D eigenvalue weighted by Gasteiger charge is 2.62. The third kappa shape index (κ3) is 2.52. The van der Waals surface area contributed by atoms with Gasteiger partial charge in [0.15, 0.2) is 0 Å². The first-order valence-corrected chi connectivity index (χ1v) is 8.41. The molecule has 2 N–H and O–H groups in total. The number of ether oxygens (including phenoxy) is 1. The second-order valence-corrected chi connectivity index (χ2v) is 7.05. The Hall–Kier alpha value is -2.63. The minimum Gasteiger partial charge on any atom is -0.481 e. The van der Waals surface area contributed by atoms with Crippen molar-refractivity contribution in [3.05, 3.63) is 42.0 Å². The number of fused-ring (bicyclic) bond motifs is 1. The Balaban J connectivity index is 1.53. The number of esters is 1. The molecular weight excluding hydrogens is 322 g/mol. The topological polar surface area (TPSA) is 92.7 Å². The minimum atomic E-state index is -0.897. The molecule has 4 aliphatic carbocycles. The van der Waals surface area contributed by atoms with Crippen molar-refractivity contribution in [2.45, 2.75) is 6.42 Å². The van der Waals surface area contributed by atoms with Gasteiger partial charge < -0.3 is 15.2 Å². The number of carboxylic acids is 1. The number of hydrogen-bond acceptors (Lipinski definition) is 4. The maximum Gasteiger partial charge on any atom is 0.337 e. The maximum absolute atomic E-state index is 12.8. The van der Waals surface area contributed by atoms with Crippen LogP contribution in [0.15, 0.2) is 36.4 Å². The first kappa shape index (κ1) is 15.9. The third-order valence-corrected chi connectivity index (χ3v) is 5.81. The lowest BCUT2D eigenvalue weighted by molar-refractivity contribution is -0.152. The van der Waals surface area contributed by atoms with E-state index < -0.39 is 23.8 Å². The molecule has 0 spiro atoms. The molecule has 5 rings (SSSR count). The van der Waals surface area contributed by atoms with Crippen LogP contribution in [-0.4, -0.2) is 30.1 Å². The number of methoxy groups -OCH3 is 1. The lowest BCUT2D eigenvalue weighted by atomic mass is 9.62. The summed E-state index contributed by atoms with van der Waals surface area (Å²) in [7, 11) is 1.31. The molecular formula is C19H19NO5. The van der Waals surface area contributed by atoms with Gasteiger partial charge in [-0.05, 0) is 54.4 Å². The summed E-state index contributed by atoms with van der Waals surface area (Å²) in [6.07, 6.45) is 5.04. The van der Waals surface area contributed by atoms with E-state index >= 15 is 0 Å². The van der Waals surface area contributed by atoms with Crippen molar-refractivity contribution in [2.75, 3.05) is 12.4 Å². The molecule has 1 aromatic rings. The van der Waals surface area contributed by atoms with Crippen molar-refractivity contribution in [3.8, 4) is 0 Å². The van der Waals surface area contributed by atoms with E-state index in [1.54, 1.807) is 24.3 Å². The highest BCUT2D eigenvalue weighted by molar-refractivity contribution is 5.97. The fraction of sp³-hybridized carbons (Fsp3) is 0.421. The zero-order valence-electron chi connectivity index (χ0n) is 13.7. The lowest BCUT2D eigenvalue weighted by Gasteiger charge is -2.41. The van der Waals surface area contributed by atoms with Gasteiger partial charge in [-0.1, -0.05) is 12.2 Å². The van der Waals surface area contributed by atoms with E-state index in [-0.39, 0.29) is 17.7 Å². The van der Waals surface area contributed by atoms with Gasteiger partial charge in [-0.15, -0.1) is 0 Å². The summed E-state index contributed by atoms with van der Waals surface area (Å²) in [6, 6.07) is 6.38. The fourth-order valence-electron chi connectivity index (χ4n) is 4.60. The molecule has 130 valence electrons. The van der Waals surface area contributed by atoms with Crippen LogP contribution in [0.2, 0.25) is 0 Å². The number of rotatable bonds is 4. The van der Waals surface area contributed by atoms with E-state index in [2.05, 4.69) is 10.1 Å². The van der Waals surface area contributed by atoms with Crippen LogP contribution >= 0.6 is 0 Å². The molecule has 6 atom stereocenters. The van der Waals surface area contributed by atoms with Crippen molar-refractivity contribution in [1.82, 2.24) is 0 Å². The van der Waals surface area contributed by atoms with Gasteiger partial charge in [0.25, 0.3) is 0 Å². The molecule has 1 aromatic carbocycles. The van der Waals surface area contributed by atoms with E-state index in [4.69, 9.17) is 0 Å². The molecule has 2 fully saturated rings. The van der Waals surface area contributed by atoms with Crippen LogP contribution in [-0.2, 0) is 14.3 Å². The van der Waals surface area contributed by atoms with Crippen molar-refractivity contribution in [3.63, 3.8) is 0 Å². The standard InChI is InChI=1S/C19H19NO5/c1-25-19(24)9-2-4-10(5-3-9)20-17(21)15-11-6-7-12(14-8-13(11)14)16(15)18(22)23/h2-7,11-16H,8H2,1H3,(H,20,21)(H,22,23)/t11-,12-,13-,14-,15+,16+/m1/s1. The first-order valence-electron chi connectivity index (χ1n) is 8.41. The summed E-state index contributed by atoms with van der Waals surface area (Å²) >= 11 is 0. The normalized spacial score (nSPS) is 34.1. The maximum atomic E-state index is 12.8. The van der Waals surface area contributed by atoms with Crippen LogP contribution < -0.4 is 5.32 Å². The molecule has 25 heavy (non-hydrogen) atoms. The van der Waals surface area contributed by atoms with Gasteiger partial charge in [0.1, 0.15) is 0 Å². The Kier molecular flexibility index (Phi) is 3.63. The average molecular weight is 341 g/mol. The number of carbonyl (C=O) groups excluding carboxylic acids is 2. The summed E-state index contributed by atoms with van der Waals surface area (Å²) in [5.74, 6) is -1.96. The van der Waals surface area contributed by atoms with Crippen molar-refractivity contribution in [1.29, 1.82) is 0 Å². The zero-order valence-corrected chi connectivity index (χ0v) is 13.7. The smallest absolute Gasteiger partial charge is 0.337 e. The van der Waals surface area contributed by atoms with Gasteiger partial charge in [0, 0.05) is 5.69 Å². The predicted octanol–water partition coefficient (Wildman–Crippen LogP) is 2.18. The van der Waals surface area contributed by atoms with Gasteiger partial charge in [-0.3, -0.25) is 9.59 Å². The van der Waals surface area contributed by atoms with Gasteiger partial charge in [0.2, 0.25) is 5.91 Å². The summed E-state index contributed by atoms with van der Waals surface area (Å²) < 4.78 is 4.64. The second-order valence-electron chi connectivity index (χ2n) is 7.05. The summed E-state index contributed by atoms with van der Waals surface area (Å²) in [4.78, 5) is 36.0. The number of nitrogens with one attached hydrogen (secondary N) is 1. The fourth-order valence-corrected chi connectivity index (χ4v) is 4.60. The van der Waals surface area contributed by atoms with Crippen LogP contribution in [0.5, 0.6) is 0 Å². The van der Waals surface area contributed by atoms with Crippen LogP contribution in [0.25, 0.3) is 0 Å². The molecule has 1 amide bonds. The zero-order chi connectivity index (χ0) is 17.7. The molecule has 0 aliphatic heterocycles. The third-order valence-electron chi connectivity index (χ3n) is 5.81. The van der Waals surface area contributed by atoms with Gasteiger partial charge in [-0.2, -0.15) is 0 Å². The summed E-state index contributed by atoms with van der Waals surface area (Å²) in [5.41, 5.74) is 0.934. The van der Waals surface area contributed by atoms with Gasteiger partial charge in [-0.25, -0.2) is 4.79 Å². The molecule has 0 heterocycles. The molecule has 0 unspecified atom stereocenters. The average Bonchev–Trinajstić information content (AvgIpc) is 3.43. The van der Waals surface area contributed by atoms with Gasteiger partial charge >= 0.3 is 11.9 Å². The molecule has 2 saturated carbocycles. The first-order chi connectivity index (χ1) is 12.0. The molecule has 4 aliphatic rings. The van der Waals surface area contributed by atoms with Crippen molar-refractivity contribution >= 4 is 23.5 Å². The summed E-state index contributed by atoms with van der Waals surface area (Å²) in [6.45, 7) is 0. The quantitative estimate of drug-likeness (QED) is 0.647.